The lowest BCUT2D eigenvalue weighted by Crippen LogP contribution is -2.58. The lowest BCUT2D eigenvalue weighted by molar-refractivity contribution is -0.0759. The molecule has 0 bridgehead atoms. The van der Waals surface area contributed by atoms with Crippen molar-refractivity contribution in [1.29, 1.82) is 0 Å². The van der Waals surface area contributed by atoms with Crippen LogP contribution in [0.3, 0.4) is 0 Å². The second-order valence-electron chi connectivity index (χ2n) is 2.28. The van der Waals surface area contributed by atoms with Gasteiger partial charge >= 0.3 is 0 Å². The standard InChI is InChI=1S/C6H15N3O/c1-3-9-5-7-4-8-6(9)10-2/h6-8H,3-5H2,1-2H3. The van der Waals surface area contributed by atoms with Crippen molar-refractivity contribution >= 4 is 0 Å². The first-order valence-electron chi connectivity index (χ1n) is 3.59. The number of methoxy groups -OCH3 is 1. The molecule has 4 heteroatoms. The second kappa shape index (κ2) is 3.88. The Labute approximate surface area is 61.5 Å². The van der Waals surface area contributed by atoms with Crippen LogP contribution < -0.4 is 10.6 Å². The Balaban J connectivity index is 2.34. The van der Waals surface area contributed by atoms with E-state index < -0.39 is 0 Å². The molecule has 0 spiro atoms. The molecule has 0 aromatic heterocycles. The first-order chi connectivity index (χ1) is 4.88. The van der Waals surface area contributed by atoms with Gasteiger partial charge in [-0.3, -0.25) is 15.5 Å². The molecule has 1 aliphatic rings. The van der Waals surface area contributed by atoms with Crippen molar-refractivity contribution in [3.05, 3.63) is 0 Å². The molecule has 0 saturated carbocycles. The van der Waals surface area contributed by atoms with E-state index >= 15 is 0 Å². The summed E-state index contributed by atoms with van der Waals surface area (Å²) in [7, 11) is 1.71. The summed E-state index contributed by atoms with van der Waals surface area (Å²) in [5, 5.41) is 6.35. The summed E-state index contributed by atoms with van der Waals surface area (Å²) in [4.78, 5) is 2.17. The summed E-state index contributed by atoms with van der Waals surface area (Å²) in [5.41, 5.74) is 0. The number of hydrogen-bond acceptors (Lipinski definition) is 4. The Morgan fingerprint density at radius 2 is 2.50 bits per heavy atom. The lowest BCUT2D eigenvalue weighted by Gasteiger charge is -2.34. The van der Waals surface area contributed by atoms with Crippen LogP contribution in [-0.4, -0.2) is 38.2 Å². The molecule has 0 aliphatic carbocycles. The van der Waals surface area contributed by atoms with Gasteiger partial charge in [0.2, 0.25) is 0 Å². The molecule has 1 atom stereocenters. The maximum atomic E-state index is 5.17. The minimum Gasteiger partial charge on any atom is -0.353 e. The predicted molar refractivity (Wildman–Crippen MR) is 39.2 cm³/mol. The van der Waals surface area contributed by atoms with Crippen LogP contribution in [0.15, 0.2) is 0 Å². The highest BCUT2D eigenvalue weighted by Crippen LogP contribution is 1.97. The van der Waals surface area contributed by atoms with Gasteiger partial charge < -0.3 is 4.74 Å². The summed E-state index contributed by atoms with van der Waals surface area (Å²) in [6.45, 7) is 4.84. The maximum absolute atomic E-state index is 5.17. The van der Waals surface area contributed by atoms with Crippen LogP contribution in [0.1, 0.15) is 6.92 Å². The van der Waals surface area contributed by atoms with Crippen LogP contribution in [0, 0.1) is 0 Å². The summed E-state index contributed by atoms with van der Waals surface area (Å²) in [5.74, 6) is 0. The lowest BCUT2D eigenvalue weighted by atomic mass is 10.5. The fraction of sp³-hybridized carbons (Fsp3) is 1.00. The third-order valence-corrected chi connectivity index (χ3v) is 1.68. The number of nitrogens with one attached hydrogen (secondary N) is 2. The molecule has 1 aliphatic heterocycles. The zero-order valence-corrected chi connectivity index (χ0v) is 6.55. The largest absolute Gasteiger partial charge is 0.353 e. The topological polar surface area (TPSA) is 36.5 Å². The molecule has 0 radical (unpaired) electrons. The SMILES string of the molecule is CCN1CNCNC1OC. The summed E-state index contributed by atoms with van der Waals surface area (Å²) in [6, 6.07) is 0. The van der Waals surface area contributed by atoms with E-state index in [1.807, 2.05) is 0 Å². The Morgan fingerprint density at radius 1 is 1.70 bits per heavy atom. The molecule has 60 valence electrons. The highest BCUT2D eigenvalue weighted by Gasteiger charge is 2.18. The van der Waals surface area contributed by atoms with Crippen LogP contribution >= 0.6 is 0 Å². The second-order valence-corrected chi connectivity index (χ2v) is 2.28. The van der Waals surface area contributed by atoms with Crippen LogP contribution in [0.5, 0.6) is 0 Å². The minimum absolute atomic E-state index is 0.0891. The van der Waals surface area contributed by atoms with Gasteiger partial charge in [-0.2, -0.15) is 0 Å². The molecule has 2 N–H and O–H groups in total. The van der Waals surface area contributed by atoms with Crippen LogP contribution in [-0.2, 0) is 4.74 Å². The molecule has 1 rings (SSSR count). The summed E-state index contributed by atoms with van der Waals surface area (Å²) >= 11 is 0. The van der Waals surface area contributed by atoms with E-state index in [1.165, 1.54) is 0 Å². The van der Waals surface area contributed by atoms with Gasteiger partial charge in [0.1, 0.15) is 0 Å². The van der Waals surface area contributed by atoms with Gasteiger partial charge in [0.25, 0.3) is 0 Å². The third-order valence-electron chi connectivity index (χ3n) is 1.68. The molecule has 4 nitrogen and oxygen atoms in total. The van der Waals surface area contributed by atoms with Crippen molar-refractivity contribution in [3.8, 4) is 0 Å². The monoisotopic (exact) mass is 145 g/mol. The average molecular weight is 145 g/mol. The first kappa shape index (κ1) is 7.94. The Bertz CT molecular complexity index is 87.0. The average Bonchev–Trinajstić information content (AvgIpc) is 2.04. The quantitative estimate of drug-likeness (QED) is 0.541. The van der Waals surface area contributed by atoms with Gasteiger partial charge in [0.05, 0.1) is 6.67 Å². The van der Waals surface area contributed by atoms with Crippen molar-refractivity contribution in [2.75, 3.05) is 27.0 Å². The predicted octanol–water partition coefficient (Wildman–Crippen LogP) is -0.654. The fourth-order valence-corrected chi connectivity index (χ4v) is 1.08. The highest BCUT2D eigenvalue weighted by atomic mass is 16.5. The molecule has 0 amide bonds. The van der Waals surface area contributed by atoms with E-state index in [9.17, 15) is 0 Å². The number of ether oxygens (including phenoxy) is 1. The minimum atomic E-state index is 0.0891. The molecule has 1 heterocycles. The highest BCUT2D eigenvalue weighted by molar-refractivity contribution is 4.63. The van der Waals surface area contributed by atoms with Crippen LogP contribution in [0.2, 0.25) is 0 Å². The van der Waals surface area contributed by atoms with Gasteiger partial charge in [-0.25, -0.2) is 0 Å². The van der Waals surface area contributed by atoms with Crippen LogP contribution in [0.4, 0.5) is 0 Å². The van der Waals surface area contributed by atoms with E-state index in [4.69, 9.17) is 4.74 Å². The smallest absolute Gasteiger partial charge is 0.167 e. The first-order valence-corrected chi connectivity index (χ1v) is 3.59. The third kappa shape index (κ3) is 1.67. The Hall–Kier alpha value is -0.160. The Morgan fingerprint density at radius 3 is 3.00 bits per heavy atom. The molecular weight excluding hydrogens is 130 g/mol. The van der Waals surface area contributed by atoms with Gasteiger partial charge in [-0.15, -0.1) is 0 Å². The molecule has 1 fully saturated rings. The molecular formula is C6H15N3O. The Kier molecular flexibility index (Phi) is 3.08. The van der Waals surface area contributed by atoms with Crippen molar-refractivity contribution < 1.29 is 4.74 Å². The van der Waals surface area contributed by atoms with Gasteiger partial charge in [-0.1, -0.05) is 6.92 Å². The van der Waals surface area contributed by atoms with Gasteiger partial charge in [0.15, 0.2) is 6.35 Å². The number of hydrogen-bond donors (Lipinski definition) is 2. The van der Waals surface area contributed by atoms with Crippen molar-refractivity contribution in [3.63, 3.8) is 0 Å². The van der Waals surface area contributed by atoms with Gasteiger partial charge in [0, 0.05) is 20.3 Å². The van der Waals surface area contributed by atoms with Crippen molar-refractivity contribution in [2.24, 2.45) is 0 Å². The van der Waals surface area contributed by atoms with E-state index in [1.54, 1.807) is 7.11 Å². The zero-order chi connectivity index (χ0) is 7.40. The van der Waals surface area contributed by atoms with E-state index in [0.717, 1.165) is 19.9 Å². The maximum Gasteiger partial charge on any atom is 0.167 e. The molecule has 1 unspecified atom stereocenters. The van der Waals surface area contributed by atoms with E-state index in [0.29, 0.717) is 0 Å². The summed E-state index contributed by atoms with van der Waals surface area (Å²) in [6.07, 6.45) is 0.0891. The van der Waals surface area contributed by atoms with E-state index in [2.05, 4.69) is 22.5 Å². The number of rotatable bonds is 2. The van der Waals surface area contributed by atoms with E-state index in [-0.39, 0.29) is 6.35 Å². The normalized spacial score (nSPS) is 28.8. The van der Waals surface area contributed by atoms with Gasteiger partial charge in [-0.05, 0) is 0 Å². The van der Waals surface area contributed by atoms with Crippen molar-refractivity contribution in [1.82, 2.24) is 15.5 Å². The molecule has 1 saturated heterocycles. The molecule has 0 aromatic carbocycles. The summed E-state index contributed by atoms with van der Waals surface area (Å²) < 4.78 is 5.17. The van der Waals surface area contributed by atoms with Crippen molar-refractivity contribution in [2.45, 2.75) is 13.3 Å². The fourth-order valence-electron chi connectivity index (χ4n) is 1.08. The number of nitrogens with zero attached hydrogens (tertiary/aromatic N) is 1. The molecule has 10 heavy (non-hydrogen) atoms. The van der Waals surface area contributed by atoms with Crippen LogP contribution in [0.25, 0.3) is 0 Å². The molecule has 0 aromatic rings. The zero-order valence-electron chi connectivity index (χ0n) is 6.55.